The van der Waals surface area contributed by atoms with Gasteiger partial charge in [0.05, 0.1) is 18.3 Å². The Morgan fingerprint density at radius 1 is 1.32 bits per heavy atom. The minimum Gasteiger partial charge on any atom is -0.459 e. The number of carbonyl (C=O) groups excluding carboxylic acids is 3. The average Bonchev–Trinajstić information content (AvgIpc) is 3.31. The van der Waals surface area contributed by atoms with E-state index in [1.54, 1.807) is 33.8 Å². The number of nitrogens with one attached hydrogen (secondary N) is 1. The molecule has 3 aromatic heterocycles. The van der Waals surface area contributed by atoms with Gasteiger partial charge in [-0.25, -0.2) is 9.59 Å². The lowest BCUT2D eigenvalue weighted by Gasteiger charge is -2.18. The Labute approximate surface area is 164 Å². The highest BCUT2D eigenvalue weighted by molar-refractivity contribution is 7.20. The van der Waals surface area contributed by atoms with Gasteiger partial charge in [-0.05, 0) is 45.9 Å². The van der Waals surface area contributed by atoms with Gasteiger partial charge in [0, 0.05) is 0 Å². The molecule has 10 heteroatoms. The monoisotopic (exact) mass is 405 g/mol. The van der Waals surface area contributed by atoms with Crippen molar-refractivity contribution in [2.75, 3.05) is 11.9 Å². The molecule has 0 radical (unpaired) electrons. The lowest BCUT2D eigenvalue weighted by molar-refractivity contribution is 0.00751. The molecule has 0 fully saturated rings. The maximum absolute atomic E-state index is 12.4. The van der Waals surface area contributed by atoms with Crippen LogP contribution in [0.4, 0.5) is 10.6 Å². The fourth-order valence-corrected chi connectivity index (χ4v) is 3.29. The molecule has 0 atom stereocenters. The van der Waals surface area contributed by atoms with Crippen molar-refractivity contribution in [1.82, 2.24) is 9.78 Å². The number of hydrogen-bond acceptors (Lipinski definition) is 8. The summed E-state index contributed by atoms with van der Waals surface area (Å²) in [7, 11) is 0. The molecule has 28 heavy (non-hydrogen) atoms. The van der Waals surface area contributed by atoms with Crippen molar-refractivity contribution in [3.8, 4) is 0 Å². The van der Waals surface area contributed by atoms with Crippen LogP contribution in [0.15, 0.2) is 28.9 Å². The first-order valence-corrected chi connectivity index (χ1v) is 9.29. The second-order valence-corrected chi connectivity index (χ2v) is 7.75. The highest BCUT2D eigenvalue weighted by atomic mass is 32.1. The van der Waals surface area contributed by atoms with Gasteiger partial charge in [-0.3, -0.25) is 4.79 Å². The van der Waals surface area contributed by atoms with E-state index in [1.165, 1.54) is 18.4 Å². The van der Waals surface area contributed by atoms with E-state index in [2.05, 4.69) is 10.4 Å². The quantitative estimate of drug-likeness (QED) is 0.655. The molecule has 0 saturated heterocycles. The van der Waals surface area contributed by atoms with Crippen molar-refractivity contribution in [1.29, 1.82) is 0 Å². The molecule has 9 nitrogen and oxygen atoms in total. The van der Waals surface area contributed by atoms with E-state index in [0.29, 0.717) is 10.2 Å². The lowest BCUT2D eigenvalue weighted by Crippen LogP contribution is -2.23. The van der Waals surface area contributed by atoms with Gasteiger partial charge in [0.1, 0.15) is 15.3 Å². The zero-order chi connectivity index (χ0) is 20.5. The van der Waals surface area contributed by atoms with Gasteiger partial charge in [0.15, 0.2) is 11.6 Å². The molecule has 0 aromatic carbocycles. The molecule has 3 rings (SSSR count). The van der Waals surface area contributed by atoms with Crippen LogP contribution in [0.2, 0.25) is 0 Å². The third-order valence-corrected chi connectivity index (χ3v) is 4.47. The summed E-state index contributed by atoms with van der Waals surface area (Å²) in [5.74, 6) is -0.880. The number of aromatic nitrogens is 2. The van der Waals surface area contributed by atoms with Crippen LogP contribution >= 0.6 is 11.3 Å². The maximum Gasteiger partial charge on any atom is 0.436 e. The summed E-state index contributed by atoms with van der Waals surface area (Å²) in [5, 5.41) is 7.12. The number of hydrogen-bond donors (Lipinski definition) is 1. The number of ether oxygens (including phenoxy) is 2. The number of furan rings is 1. The number of amides is 1. The van der Waals surface area contributed by atoms with Crippen molar-refractivity contribution in [3.63, 3.8) is 0 Å². The summed E-state index contributed by atoms with van der Waals surface area (Å²) in [4.78, 5) is 37.5. The van der Waals surface area contributed by atoms with E-state index in [0.717, 1.165) is 16.0 Å². The molecular weight excluding hydrogens is 386 g/mol. The Kier molecular flexibility index (Phi) is 5.23. The molecule has 0 saturated carbocycles. The Balaban J connectivity index is 2.01. The highest BCUT2D eigenvalue weighted by Crippen LogP contribution is 2.33. The van der Waals surface area contributed by atoms with Crippen LogP contribution in [0.1, 0.15) is 47.9 Å². The Bertz CT molecular complexity index is 1030. The maximum atomic E-state index is 12.4. The second kappa shape index (κ2) is 7.47. The van der Waals surface area contributed by atoms with Crippen molar-refractivity contribution >= 4 is 45.3 Å². The third kappa shape index (κ3) is 4.06. The molecule has 3 heterocycles. The molecule has 0 unspecified atom stereocenters. The van der Waals surface area contributed by atoms with E-state index in [1.807, 2.05) is 0 Å². The molecule has 0 aliphatic carbocycles. The van der Waals surface area contributed by atoms with Crippen LogP contribution < -0.4 is 5.32 Å². The molecule has 0 bridgehead atoms. The van der Waals surface area contributed by atoms with Gasteiger partial charge in [0.25, 0.3) is 5.91 Å². The molecule has 0 aliphatic heterocycles. The highest BCUT2D eigenvalue weighted by Gasteiger charge is 2.26. The SMILES string of the molecule is CCOC(=O)n1nc(NC(=O)c2ccco2)c2cc(C(=O)OC(C)(C)C)sc21. The van der Waals surface area contributed by atoms with Crippen LogP contribution in [0.25, 0.3) is 10.2 Å². The molecule has 0 spiro atoms. The van der Waals surface area contributed by atoms with E-state index in [4.69, 9.17) is 13.9 Å². The van der Waals surface area contributed by atoms with E-state index < -0.39 is 23.6 Å². The number of rotatable bonds is 4. The van der Waals surface area contributed by atoms with Gasteiger partial charge in [-0.2, -0.15) is 4.68 Å². The third-order valence-electron chi connectivity index (χ3n) is 3.38. The minimum atomic E-state index is -0.719. The summed E-state index contributed by atoms with van der Waals surface area (Å²) in [6, 6.07) is 4.59. The van der Waals surface area contributed by atoms with Crippen molar-refractivity contribution < 1.29 is 28.3 Å². The standard InChI is InChI=1S/C18H19N3O6S/c1-5-25-17(24)21-15-10(9-12(28-15)16(23)27-18(2,3)4)13(20-21)19-14(22)11-7-6-8-26-11/h6-9H,5H2,1-4H3,(H,19,20,22). The zero-order valence-corrected chi connectivity index (χ0v) is 16.6. The molecule has 148 valence electrons. The number of thiophene rings is 1. The fourth-order valence-electron chi connectivity index (χ4n) is 2.31. The van der Waals surface area contributed by atoms with Gasteiger partial charge in [-0.1, -0.05) is 0 Å². The predicted molar refractivity (Wildman–Crippen MR) is 102 cm³/mol. The van der Waals surface area contributed by atoms with E-state index >= 15 is 0 Å². The summed E-state index contributed by atoms with van der Waals surface area (Å²) < 4.78 is 16.4. The van der Waals surface area contributed by atoms with Gasteiger partial charge >= 0.3 is 12.1 Å². The van der Waals surface area contributed by atoms with Gasteiger partial charge in [0.2, 0.25) is 0 Å². The summed E-state index contributed by atoms with van der Waals surface area (Å²) in [6.07, 6.45) is 0.649. The Morgan fingerprint density at radius 3 is 2.68 bits per heavy atom. The van der Waals surface area contributed by atoms with E-state index in [9.17, 15) is 14.4 Å². The lowest BCUT2D eigenvalue weighted by atomic mass is 10.2. The minimum absolute atomic E-state index is 0.0847. The topological polar surface area (TPSA) is 113 Å². The van der Waals surface area contributed by atoms with Crippen molar-refractivity contribution in [2.45, 2.75) is 33.3 Å². The summed E-state index contributed by atoms with van der Waals surface area (Å²) >= 11 is 1.02. The summed E-state index contributed by atoms with van der Waals surface area (Å²) in [5.41, 5.74) is -0.670. The predicted octanol–water partition coefficient (Wildman–Crippen LogP) is 3.90. The average molecular weight is 405 g/mol. The number of nitrogens with zero attached hydrogens (tertiary/aromatic N) is 2. The van der Waals surface area contributed by atoms with Crippen molar-refractivity contribution in [2.24, 2.45) is 0 Å². The van der Waals surface area contributed by atoms with Gasteiger partial charge < -0.3 is 19.2 Å². The molecule has 0 aliphatic rings. The fraction of sp³-hybridized carbons (Fsp3) is 0.333. The largest absolute Gasteiger partial charge is 0.459 e. The van der Waals surface area contributed by atoms with Crippen LogP contribution in [-0.4, -0.2) is 40.0 Å². The summed E-state index contributed by atoms with van der Waals surface area (Å²) in [6.45, 7) is 7.09. The molecule has 1 N–H and O–H groups in total. The number of fused-ring (bicyclic) bond motifs is 1. The molecule has 3 aromatic rings. The number of anilines is 1. The first kappa shape index (κ1) is 19.6. The van der Waals surface area contributed by atoms with Crippen molar-refractivity contribution in [3.05, 3.63) is 35.1 Å². The first-order chi connectivity index (χ1) is 13.2. The van der Waals surface area contributed by atoms with E-state index in [-0.39, 0.29) is 23.1 Å². The normalized spacial score (nSPS) is 11.4. The number of carbonyl (C=O) groups is 3. The second-order valence-electron chi connectivity index (χ2n) is 6.72. The molecule has 1 amide bonds. The van der Waals surface area contributed by atoms with Crippen LogP contribution in [0.5, 0.6) is 0 Å². The van der Waals surface area contributed by atoms with Crippen LogP contribution in [0.3, 0.4) is 0 Å². The zero-order valence-electron chi connectivity index (χ0n) is 15.8. The van der Waals surface area contributed by atoms with Crippen LogP contribution in [0, 0.1) is 0 Å². The Morgan fingerprint density at radius 2 is 2.07 bits per heavy atom. The molecular formula is C18H19N3O6S. The van der Waals surface area contributed by atoms with Gasteiger partial charge in [-0.15, -0.1) is 16.4 Å². The first-order valence-electron chi connectivity index (χ1n) is 8.47. The smallest absolute Gasteiger partial charge is 0.436 e. The van der Waals surface area contributed by atoms with Crippen LogP contribution in [-0.2, 0) is 9.47 Å². The number of esters is 1. The Hall–Kier alpha value is -3.14.